The minimum absolute atomic E-state index is 0.141. The van der Waals surface area contributed by atoms with Gasteiger partial charge in [-0.15, -0.1) is 0 Å². The van der Waals surface area contributed by atoms with E-state index < -0.39 is 0 Å². The summed E-state index contributed by atoms with van der Waals surface area (Å²) in [4.78, 5) is 6.83. The van der Waals surface area contributed by atoms with Gasteiger partial charge in [-0.2, -0.15) is 0 Å². The number of hydrogen-bond acceptors (Lipinski definition) is 2. The lowest BCUT2D eigenvalue weighted by Crippen LogP contribution is -2.30. The Labute approximate surface area is 215 Å². The molecule has 0 bridgehead atoms. The summed E-state index contributed by atoms with van der Waals surface area (Å²) in [7, 11) is 0. The van der Waals surface area contributed by atoms with Gasteiger partial charge >= 0.3 is 0 Å². The van der Waals surface area contributed by atoms with Crippen LogP contribution in [-0.4, -0.2) is 14.7 Å². The minimum atomic E-state index is -0.144. The van der Waals surface area contributed by atoms with Crippen LogP contribution in [0.3, 0.4) is 0 Å². The SMILES string of the molecule is CC(C)c1ccc(N2C(=S)N[C@@H](c3ccccn3)[C@H]2c2cccn2-c2ccc(Cl)cc2Cl)cc1. The van der Waals surface area contributed by atoms with E-state index in [1.807, 2.05) is 48.8 Å². The van der Waals surface area contributed by atoms with Crippen molar-refractivity contribution in [2.75, 3.05) is 4.90 Å². The fraction of sp³-hybridized carbons (Fsp3) is 0.185. The van der Waals surface area contributed by atoms with Gasteiger partial charge in [-0.25, -0.2) is 0 Å². The molecule has 0 radical (unpaired) electrons. The maximum atomic E-state index is 6.61. The van der Waals surface area contributed by atoms with Crippen LogP contribution >= 0.6 is 35.4 Å². The summed E-state index contributed by atoms with van der Waals surface area (Å²) >= 11 is 18.6. The molecule has 2 aromatic carbocycles. The number of thiocarbonyl (C=S) groups is 1. The van der Waals surface area contributed by atoms with Gasteiger partial charge in [0.2, 0.25) is 0 Å². The average molecular weight is 507 g/mol. The number of aromatic nitrogens is 2. The molecule has 1 fully saturated rings. The van der Waals surface area contributed by atoms with E-state index in [9.17, 15) is 0 Å². The maximum Gasteiger partial charge on any atom is 0.174 e. The zero-order chi connectivity index (χ0) is 23.8. The van der Waals surface area contributed by atoms with Crippen molar-refractivity contribution in [1.82, 2.24) is 14.9 Å². The fourth-order valence-electron chi connectivity index (χ4n) is 4.48. The predicted molar refractivity (Wildman–Crippen MR) is 144 cm³/mol. The Kier molecular flexibility index (Phi) is 6.34. The smallest absolute Gasteiger partial charge is 0.174 e. The van der Waals surface area contributed by atoms with Crippen molar-refractivity contribution in [3.63, 3.8) is 0 Å². The lowest BCUT2D eigenvalue weighted by Gasteiger charge is -2.29. The molecule has 4 aromatic rings. The highest BCUT2D eigenvalue weighted by atomic mass is 35.5. The Balaban J connectivity index is 1.65. The first-order valence-electron chi connectivity index (χ1n) is 11.2. The number of rotatable bonds is 5. The van der Waals surface area contributed by atoms with E-state index in [1.165, 1.54) is 5.56 Å². The third kappa shape index (κ3) is 4.20. The second kappa shape index (κ2) is 9.41. The predicted octanol–water partition coefficient (Wildman–Crippen LogP) is 7.48. The molecule has 1 aliphatic rings. The monoisotopic (exact) mass is 506 g/mol. The topological polar surface area (TPSA) is 33.1 Å². The van der Waals surface area contributed by atoms with Crippen molar-refractivity contribution in [2.24, 2.45) is 0 Å². The van der Waals surface area contributed by atoms with E-state index in [0.717, 1.165) is 22.8 Å². The fourth-order valence-corrected chi connectivity index (χ4v) is 5.33. The molecule has 0 saturated carbocycles. The van der Waals surface area contributed by atoms with E-state index in [-0.39, 0.29) is 12.1 Å². The van der Waals surface area contributed by atoms with Gasteiger partial charge in [-0.1, -0.05) is 55.2 Å². The quantitative estimate of drug-likeness (QED) is 0.284. The highest BCUT2D eigenvalue weighted by molar-refractivity contribution is 7.80. The first kappa shape index (κ1) is 22.9. The van der Waals surface area contributed by atoms with Crippen LogP contribution in [0, 0.1) is 0 Å². The van der Waals surface area contributed by atoms with E-state index >= 15 is 0 Å². The Morgan fingerprint density at radius 2 is 1.76 bits per heavy atom. The third-order valence-electron chi connectivity index (χ3n) is 6.19. The van der Waals surface area contributed by atoms with Crippen LogP contribution in [0.2, 0.25) is 10.0 Å². The number of nitrogens with zero attached hydrogens (tertiary/aromatic N) is 3. The van der Waals surface area contributed by atoms with Crippen LogP contribution in [0.4, 0.5) is 5.69 Å². The zero-order valence-corrected chi connectivity index (χ0v) is 21.1. The second-order valence-electron chi connectivity index (χ2n) is 8.64. The van der Waals surface area contributed by atoms with Gasteiger partial charge in [0.05, 0.1) is 22.4 Å². The van der Waals surface area contributed by atoms with E-state index in [1.54, 1.807) is 6.07 Å². The standard InChI is InChI=1S/C27H24Cl2N4S/c1-17(2)18-8-11-20(12-9-18)33-26(25(31-27(33)34)22-6-3-4-14-30-22)24-7-5-15-32(24)23-13-10-19(28)16-21(23)29/h3-17,25-26H,1-2H3,(H,31,34)/t25-,26+/m0/s1. The van der Waals surface area contributed by atoms with Crippen molar-refractivity contribution in [2.45, 2.75) is 31.8 Å². The van der Waals surface area contributed by atoms with E-state index in [4.69, 9.17) is 35.4 Å². The van der Waals surface area contributed by atoms with Gasteiger partial charge < -0.3 is 14.8 Å². The lowest BCUT2D eigenvalue weighted by molar-refractivity contribution is 0.549. The van der Waals surface area contributed by atoms with Gasteiger partial charge in [0.15, 0.2) is 5.11 Å². The molecule has 1 aliphatic heterocycles. The van der Waals surface area contributed by atoms with Crippen molar-refractivity contribution >= 4 is 46.2 Å². The van der Waals surface area contributed by atoms with E-state index in [2.05, 4.69) is 63.9 Å². The van der Waals surface area contributed by atoms with Crippen molar-refractivity contribution in [1.29, 1.82) is 0 Å². The Morgan fingerprint density at radius 3 is 2.44 bits per heavy atom. The first-order valence-corrected chi connectivity index (χ1v) is 12.3. The summed E-state index contributed by atoms with van der Waals surface area (Å²) in [6.07, 6.45) is 3.83. The maximum absolute atomic E-state index is 6.61. The Morgan fingerprint density at radius 1 is 0.971 bits per heavy atom. The van der Waals surface area contributed by atoms with Crippen LogP contribution in [0.1, 0.15) is 48.8 Å². The number of pyridine rings is 1. The van der Waals surface area contributed by atoms with Crippen LogP contribution in [-0.2, 0) is 0 Å². The number of nitrogens with one attached hydrogen (secondary N) is 1. The molecule has 172 valence electrons. The molecule has 34 heavy (non-hydrogen) atoms. The van der Waals surface area contributed by atoms with Crippen molar-refractivity contribution in [3.8, 4) is 5.69 Å². The highest BCUT2D eigenvalue weighted by Gasteiger charge is 2.42. The lowest BCUT2D eigenvalue weighted by atomic mass is 9.99. The molecule has 0 amide bonds. The number of halogens is 2. The average Bonchev–Trinajstić information content (AvgIpc) is 3.44. The van der Waals surface area contributed by atoms with Crippen LogP contribution in [0.25, 0.3) is 5.69 Å². The molecule has 2 aromatic heterocycles. The van der Waals surface area contributed by atoms with Gasteiger partial charge in [-0.3, -0.25) is 4.98 Å². The van der Waals surface area contributed by atoms with Gasteiger partial charge in [0.25, 0.3) is 0 Å². The highest BCUT2D eigenvalue weighted by Crippen LogP contribution is 2.43. The summed E-state index contributed by atoms with van der Waals surface area (Å²) in [6.45, 7) is 4.39. The molecule has 0 aliphatic carbocycles. The summed E-state index contributed by atoms with van der Waals surface area (Å²) in [5.41, 5.74) is 5.14. The molecule has 0 spiro atoms. The van der Waals surface area contributed by atoms with Gasteiger partial charge in [0.1, 0.15) is 6.04 Å². The second-order valence-corrected chi connectivity index (χ2v) is 9.87. The molecule has 4 nitrogen and oxygen atoms in total. The van der Waals surface area contributed by atoms with Crippen molar-refractivity contribution < 1.29 is 0 Å². The summed E-state index contributed by atoms with van der Waals surface area (Å²) < 4.78 is 2.10. The Bertz CT molecular complexity index is 1320. The summed E-state index contributed by atoms with van der Waals surface area (Å²) in [6, 6.07) is 24.0. The number of anilines is 1. The van der Waals surface area contributed by atoms with E-state index in [0.29, 0.717) is 21.1 Å². The normalized spacial score (nSPS) is 17.9. The molecule has 3 heterocycles. The molecular weight excluding hydrogens is 483 g/mol. The largest absolute Gasteiger partial charge is 0.351 e. The molecule has 0 unspecified atom stereocenters. The third-order valence-corrected chi connectivity index (χ3v) is 7.04. The van der Waals surface area contributed by atoms with Gasteiger partial charge in [0, 0.05) is 28.8 Å². The van der Waals surface area contributed by atoms with Crippen LogP contribution in [0.15, 0.2) is 85.2 Å². The number of hydrogen-bond donors (Lipinski definition) is 1. The van der Waals surface area contributed by atoms with Crippen molar-refractivity contribution in [3.05, 3.63) is 112 Å². The Hall–Kier alpha value is -2.86. The zero-order valence-electron chi connectivity index (χ0n) is 18.8. The minimum Gasteiger partial charge on any atom is -0.351 e. The summed E-state index contributed by atoms with van der Waals surface area (Å²) in [5, 5.41) is 5.37. The molecule has 1 N–H and O–H groups in total. The molecule has 7 heteroatoms. The molecular formula is C27H24Cl2N4S. The molecule has 1 saturated heterocycles. The number of benzene rings is 2. The van der Waals surface area contributed by atoms with Crippen LogP contribution in [0.5, 0.6) is 0 Å². The molecule has 2 atom stereocenters. The first-order chi connectivity index (χ1) is 16.4. The molecule has 5 rings (SSSR count). The summed E-state index contributed by atoms with van der Waals surface area (Å²) in [5.74, 6) is 0.457. The van der Waals surface area contributed by atoms with Crippen LogP contribution < -0.4 is 10.2 Å². The van der Waals surface area contributed by atoms with Gasteiger partial charge in [-0.05, 0) is 78.3 Å².